The van der Waals surface area contributed by atoms with Crippen LogP contribution in [0.1, 0.15) is 142 Å². The molecular formula is C45H75NO7. The molecule has 0 aliphatic rings. The maximum absolute atomic E-state index is 12.7. The average molecular weight is 742 g/mol. The lowest BCUT2D eigenvalue weighted by molar-refractivity contribution is -0.889. The fourth-order valence-electron chi connectivity index (χ4n) is 5.57. The van der Waals surface area contributed by atoms with E-state index in [1.165, 1.54) is 57.8 Å². The Balaban J connectivity index is 4.49. The first kappa shape index (κ1) is 49.8. The Hall–Kier alpha value is -3.23. The van der Waals surface area contributed by atoms with Gasteiger partial charge in [0.1, 0.15) is 12.6 Å². The Morgan fingerprint density at radius 2 is 1.06 bits per heavy atom. The van der Waals surface area contributed by atoms with Gasteiger partial charge in [-0.3, -0.25) is 9.59 Å². The number of unbranched alkanes of at least 4 members (excludes halogenated alkanes) is 14. The second kappa shape index (κ2) is 35.8. The predicted octanol–water partition coefficient (Wildman–Crippen LogP) is 9.46. The lowest BCUT2D eigenvalue weighted by Gasteiger charge is -2.34. The molecule has 0 bridgehead atoms. The molecule has 0 aromatic heterocycles. The number of hydrogen-bond donors (Lipinski definition) is 0. The number of carboxylic acids is 1. The zero-order valence-electron chi connectivity index (χ0n) is 34.2. The first-order chi connectivity index (χ1) is 25.6. The summed E-state index contributed by atoms with van der Waals surface area (Å²) in [6, 6.07) is -0.734. The number of aliphatic carboxylic acids is 1. The van der Waals surface area contributed by atoms with Crippen molar-refractivity contribution in [3.8, 4) is 0 Å². The van der Waals surface area contributed by atoms with Crippen molar-refractivity contribution in [1.29, 1.82) is 0 Å². The topological polar surface area (TPSA) is 102 Å². The van der Waals surface area contributed by atoms with Crippen LogP contribution in [0.25, 0.3) is 0 Å². The van der Waals surface area contributed by atoms with Gasteiger partial charge in [-0.15, -0.1) is 0 Å². The molecule has 2 atom stereocenters. The number of carbonyl (C=O) groups excluding carboxylic acids is 3. The lowest BCUT2D eigenvalue weighted by atomic mass is 10.0. The van der Waals surface area contributed by atoms with Gasteiger partial charge in [-0.05, 0) is 32.1 Å². The SMILES string of the molecule is CC/C=C/C=C/C=C/C=C/C=C/C=C/CCCCCC(=O)OCC(COCCC(C(=O)[O-])[N+](C)(C)C)OC(=O)CCCCCCCCCCCCCC. The van der Waals surface area contributed by atoms with Gasteiger partial charge in [-0.2, -0.15) is 0 Å². The summed E-state index contributed by atoms with van der Waals surface area (Å²) in [4.78, 5) is 36.7. The van der Waals surface area contributed by atoms with Crippen molar-refractivity contribution in [2.45, 2.75) is 154 Å². The Labute approximate surface area is 323 Å². The molecule has 0 amide bonds. The second-order valence-electron chi connectivity index (χ2n) is 14.7. The Morgan fingerprint density at radius 1 is 0.585 bits per heavy atom. The molecule has 0 heterocycles. The van der Waals surface area contributed by atoms with E-state index in [9.17, 15) is 19.5 Å². The number of allylic oxidation sites excluding steroid dienone is 12. The van der Waals surface area contributed by atoms with Crippen molar-refractivity contribution in [2.75, 3.05) is 41.0 Å². The Kier molecular flexibility index (Phi) is 33.6. The largest absolute Gasteiger partial charge is 0.544 e. The average Bonchev–Trinajstić information content (AvgIpc) is 3.11. The number of rotatable bonds is 35. The molecule has 0 rings (SSSR count). The monoisotopic (exact) mass is 742 g/mol. The third kappa shape index (κ3) is 34.3. The minimum atomic E-state index is -1.13. The maximum Gasteiger partial charge on any atom is 0.306 e. The van der Waals surface area contributed by atoms with Crippen molar-refractivity contribution < 1.29 is 38.2 Å². The van der Waals surface area contributed by atoms with Crippen LogP contribution < -0.4 is 5.11 Å². The van der Waals surface area contributed by atoms with Gasteiger partial charge in [0, 0.05) is 19.3 Å². The van der Waals surface area contributed by atoms with Gasteiger partial charge in [-0.25, -0.2) is 0 Å². The molecule has 8 heteroatoms. The van der Waals surface area contributed by atoms with Gasteiger partial charge in [0.25, 0.3) is 0 Å². The molecule has 0 N–H and O–H groups in total. The maximum atomic E-state index is 12.7. The molecule has 2 unspecified atom stereocenters. The molecule has 0 radical (unpaired) electrons. The molecule has 8 nitrogen and oxygen atoms in total. The number of esters is 2. The summed E-state index contributed by atoms with van der Waals surface area (Å²) in [7, 11) is 5.38. The number of carbonyl (C=O) groups is 3. The highest BCUT2D eigenvalue weighted by atomic mass is 16.6. The number of carboxylic acid groups (broad SMARTS) is 1. The highest BCUT2D eigenvalue weighted by molar-refractivity contribution is 5.70. The van der Waals surface area contributed by atoms with Crippen LogP contribution in [0.15, 0.2) is 72.9 Å². The van der Waals surface area contributed by atoms with Gasteiger partial charge in [0.05, 0.1) is 40.3 Å². The highest BCUT2D eigenvalue weighted by Gasteiger charge is 2.25. The van der Waals surface area contributed by atoms with Crippen molar-refractivity contribution in [3.63, 3.8) is 0 Å². The van der Waals surface area contributed by atoms with Crippen LogP contribution in [0.4, 0.5) is 0 Å². The molecular weight excluding hydrogens is 666 g/mol. The molecule has 0 aromatic rings. The predicted molar refractivity (Wildman–Crippen MR) is 217 cm³/mol. The van der Waals surface area contributed by atoms with Crippen molar-refractivity contribution in [2.24, 2.45) is 0 Å². The Bertz CT molecular complexity index is 1100. The molecule has 0 saturated heterocycles. The standard InChI is InChI=1S/C45H75NO7/c1-6-8-10-12-14-16-18-20-21-22-23-24-26-27-29-31-33-35-43(47)52-40-41(39-51-38-37-42(45(49)50)46(3,4)5)53-44(48)36-34-32-30-28-25-19-17-15-13-11-9-7-2/h8,10,12,14,16,18,20-24,26,41-42H,6-7,9,11,13,15,17,19,25,27-40H2,1-5H3/b10-8+,14-12+,18-16+,21-20+,23-22+,26-24+. The van der Waals surface area contributed by atoms with Gasteiger partial charge < -0.3 is 28.6 Å². The van der Waals surface area contributed by atoms with Crippen LogP contribution >= 0.6 is 0 Å². The summed E-state index contributed by atoms with van der Waals surface area (Å²) in [5.74, 6) is -1.80. The van der Waals surface area contributed by atoms with E-state index in [-0.39, 0.29) is 42.7 Å². The van der Waals surface area contributed by atoms with Crippen LogP contribution in [-0.4, -0.2) is 75.5 Å². The molecule has 302 valence electrons. The number of nitrogens with zero attached hydrogens (tertiary/aromatic N) is 1. The van der Waals surface area contributed by atoms with E-state index < -0.39 is 18.1 Å². The quantitative estimate of drug-likeness (QED) is 0.0276. The summed E-state index contributed by atoms with van der Waals surface area (Å²) in [5, 5.41) is 11.6. The van der Waals surface area contributed by atoms with E-state index in [2.05, 4.69) is 26.0 Å². The first-order valence-corrected chi connectivity index (χ1v) is 20.5. The molecule has 53 heavy (non-hydrogen) atoms. The van der Waals surface area contributed by atoms with Gasteiger partial charge in [0.2, 0.25) is 0 Å². The normalized spacial score (nSPS) is 13.8. The van der Waals surface area contributed by atoms with Crippen molar-refractivity contribution in [3.05, 3.63) is 72.9 Å². The van der Waals surface area contributed by atoms with Gasteiger partial charge >= 0.3 is 11.9 Å². The smallest absolute Gasteiger partial charge is 0.306 e. The molecule has 0 aliphatic carbocycles. The van der Waals surface area contributed by atoms with Gasteiger partial charge in [0.15, 0.2) is 6.10 Å². The zero-order chi connectivity index (χ0) is 39.3. The van der Waals surface area contributed by atoms with E-state index in [1.54, 1.807) is 21.1 Å². The molecule has 0 saturated carbocycles. The van der Waals surface area contributed by atoms with E-state index in [0.717, 1.165) is 51.4 Å². The number of ether oxygens (including phenoxy) is 3. The lowest BCUT2D eigenvalue weighted by Crippen LogP contribution is -2.55. The van der Waals surface area contributed by atoms with E-state index in [4.69, 9.17) is 14.2 Å². The van der Waals surface area contributed by atoms with Crippen LogP contribution in [0, 0.1) is 0 Å². The second-order valence-corrected chi connectivity index (χ2v) is 14.7. The molecule has 0 spiro atoms. The fraction of sp³-hybridized carbons (Fsp3) is 0.667. The van der Waals surface area contributed by atoms with Crippen molar-refractivity contribution >= 4 is 17.9 Å². The molecule has 0 aromatic carbocycles. The van der Waals surface area contributed by atoms with Crippen LogP contribution in [-0.2, 0) is 28.6 Å². The first-order valence-electron chi connectivity index (χ1n) is 20.5. The summed E-state index contributed by atoms with van der Waals surface area (Å²) < 4.78 is 17.1. The summed E-state index contributed by atoms with van der Waals surface area (Å²) in [5.41, 5.74) is 0. The third-order valence-electron chi connectivity index (χ3n) is 8.77. The zero-order valence-corrected chi connectivity index (χ0v) is 34.2. The minimum absolute atomic E-state index is 0.0237. The molecule has 0 aliphatic heterocycles. The third-order valence-corrected chi connectivity index (χ3v) is 8.77. The van der Waals surface area contributed by atoms with E-state index >= 15 is 0 Å². The number of quaternary nitrogens is 1. The number of hydrogen-bond acceptors (Lipinski definition) is 7. The van der Waals surface area contributed by atoms with Crippen molar-refractivity contribution in [1.82, 2.24) is 0 Å². The summed E-state index contributed by atoms with van der Waals surface area (Å²) in [6.07, 6.45) is 43.5. The summed E-state index contributed by atoms with van der Waals surface area (Å²) >= 11 is 0. The van der Waals surface area contributed by atoms with Crippen LogP contribution in [0.5, 0.6) is 0 Å². The van der Waals surface area contributed by atoms with E-state index in [1.807, 2.05) is 60.8 Å². The van der Waals surface area contributed by atoms with Crippen LogP contribution in [0.3, 0.4) is 0 Å². The number of likely N-dealkylation sites (N-methyl/N-ethyl adjacent to an activating group) is 1. The van der Waals surface area contributed by atoms with Gasteiger partial charge in [-0.1, -0.05) is 164 Å². The minimum Gasteiger partial charge on any atom is -0.544 e. The fourth-order valence-corrected chi connectivity index (χ4v) is 5.57. The Morgan fingerprint density at radius 3 is 1.57 bits per heavy atom. The van der Waals surface area contributed by atoms with E-state index in [0.29, 0.717) is 12.8 Å². The summed E-state index contributed by atoms with van der Waals surface area (Å²) in [6.45, 7) is 4.44. The highest BCUT2D eigenvalue weighted by Crippen LogP contribution is 2.14. The van der Waals surface area contributed by atoms with Crippen LogP contribution in [0.2, 0.25) is 0 Å². The molecule has 0 fully saturated rings.